The van der Waals surface area contributed by atoms with E-state index in [0.717, 1.165) is 5.56 Å². The number of nitrogens with one attached hydrogen (secondary N) is 1. The number of fused-ring (bicyclic) bond motifs is 1. The van der Waals surface area contributed by atoms with Gasteiger partial charge in [-0.3, -0.25) is 10.1 Å². The quantitative estimate of drug-likeness (QED) is 0.614. The Morgan fingerprint density at radius 1 is 1.25 bits per heavy atom. The van der Waals surface area contributed by atoms with Crippen LogP contribution >= 0.6 is 22.9 Å². The second-order valence-electron chi connectivity index (χ2n) is 3.96. The first-order chi connectivity index (χ1) is 9.83. The molecule has 0 aliphatic heterocycles. The normalized spacial score (nSPS) is 11.2. The monoisotopic (exact) mass is 303 g/mol. The minimum Gasteiger partial charge on any atom is -0.274 e. The van der Waals surface area contributed by atoms with Crippen molar-refractivity contribution >= 4 is 27.9 Å². The summed E-state index contributed by atoms with van der Waals surface area (Å²) in [4.78, 5) is 4.76. The van der Waals surface area contributed by atoms with Crippen molar-refractivity contribution in [3.8, 4) is 22.1 Å². The van der Waals surface area contributed by atoms with Crippen molar-refractivity contribution in [1.29, 1.82) is 0 Å². The predicted molar refractivity (Wildman–Crippen MR) is 74.5 cm³/mol. The van der Waals surface area contributed by atoms with Crippen molar-refractivity contribution in [2.24, 2.45) is 0 Å². The molecule has 9 heteroatoms. The number of hydrogen-bond acceptors (Lipinski definition) is 6. The van der Waals surface area contributed by atoms with Gasteiger partial charge in [0.05, 0.1) is 11.2 Å². The third-order valence-electron chi connectivity index (χ3n) is 2.72. The molecule has 0 atom stereocenters. The van der Waals surface area contributed by atoms with Crippen LogP contribution in [0.15, 0.2) is 30.7 Å². The highest BCUT2D eigenvalue weighted by molar-refractivity contribution is 7.19. The number of pyridine rings is 1. The van der Waals surface area contributed by atoms with Gasteiger partial charge in [-0.25, -0.2) is 0 Å². The summed E-state index contributed by atoms with van der Waals surface area (Å²) in [7, 11) is 0. The van der Waals surface area contributed by atoms with Crippen LogP contribution < -0.4 is 0 Å². The zero-order valence-corrected chi connectivity index (χ0v) is 11.4. The van der Waals surface area contributed by atoms with E-state index in [1.165, 1.54) is 11.3 Å². The summed E-state index contributed by atoms with van der Waals surface area (Å²) in [5, 5.41) is 20.7. The van der Waals surface area contributed by atoms with Crippen molar-refractivity contribution in [3.05, 3.63) is 35.7 Å². The van der Waals surface area contributed by atoms with Gasteiger partial charge in [0, 0.05) is 18.0 Å². The first-order valence-corrected chi connectivity index (χ1v) is 6.84. The minimum atomic E-state index is 0.526. The van der Waals surface area contributed by atoms with Crippen molar-refractivity contribution in [3.63, 3.8) is 0 Å². The fraction of sp³-hybridized carbons (Fsp3) is 0. The van der Waals surface area contributed by atoms with Crippen LogP contribution in [-0.2, 0) is 0 Å². The lowest BCUT2D eigenvalue weighted by molar-refractivity contribution is 0.962. The molecule has 7 nitrogen and oxygen atoms in total. The van der Waals surface area contributed by atoms with Gasteiger partial charge in [0.25, 0.3) is 0 Å². The molecule has 0 aromatic carbocycles. The number of rotatable bonds is 2. The van der Waals surface area contributed by atoms with Gasteiger partial charge in [-0.1, -0.05) is 22.9 Å². The average molecular weight is 304 g/mol. The molecule has 0 fully saturated rings. The highest BCUT2D eigenvalue weighted by atomic mass is 35.5. The summed E-state index contributed by atoms with van der Waals surface area (Å²) in [6, 6.07) is 3.75. The van der Waals surface area contributed by atoms with Crippen LogP contribution in [0.3, 0.4) is 0 Å². The highest BCUT2D eigenvalue weighted by Crippen LogP contribution is 2.30. The average Bonchev–Trinajstić information content (AvgIpc) is 3.13. The number of hydrogen-bond donors (Lipinski definition) is 1. The molecule has 0 aliphatic rings. The van der Waals surface area contributed by atoms with Crippen LogP contribution in [-0.4, -0.2) is 35.0 Å². The molecular weight excluding hydrogens is 298 g/mol. The molecule has 0 bridgehead atoms. The Morgan fingerprint density at radius 3 is 2.95 bits per heavy atom. The van der Waals surface area contributed by atoms with Gasteiger partial charge in [0.2, 0.25) is 4.96 Å². The molecule has 0 saturated heterocycles. The molecule has 4 rings (SSSR count). The maximum atomic E-state index is 6.04. The Hall–Kier alpha value is -2.32. The smallest absolute Gasteiger partial charge is 0.235 e. The van der Waals surface area contributed by atoms with E-state index in [0.29, 0.717) is 26.5 Å². The first kappa shape index (κ1) is 11.5. The van der Waals surface area contributed by atoms with Gasteiger partial charge in [0.15, 0.2) is 10.8 Å². The molecule has 4 aromatic heterocycles. The summed E-state index contributed by atoms with van der Waals surface area (Å²) in [5.41, 5.74) is 1.53. The topological polar surface area (TPSA) is 84.7 Å². The summed E-state index contributed by atoms with van der Waals surface area (Å²) < 4.78 is 1.67. The lowest BCUT2D eigenvalue weighted by Gasteiger charge is -1.94. The Bertz CT molecular complexity index is 879. The largest absolute Gasteiger partial charge is 0.274 e. The van der Waals surface area contributed by atoms with E-state index in [2.05, 4.69) is 30.5 Å². The maximum Gasteiger partial charge on any atom is 0.235 e. The van der Waals surface area contributed by atoms with Crippen LogP contribution in [0.1, 0.15) is 0 Å². The Kier molecular flexibility index (Phi) is 2.51. The van der Waals surface area contributed by atoms with Crippen LogP contribution in [0.25, 0.3) is 27.1 Å². The van der Waals surface area contributed by atoms with E-state index in [9.17, 15) is 0 Å². The third kappa shape index (κ3) is 1.69. The van der Waals surface area contributed by atoms with E-state index in [1.54, 1.807) is 23.1 Å². The molecule has 98 valence electrons. The zero-order valence-electron chi connectivity index (χ0n) is 9.86. The van der Waals surface area contributed by atoms with Gasteiger partial charge in [-0.2, -0.15) is 14.7 Å². The van der Waals surface area contributed by atoms with Crippen molar-refractivity contribution in [1.82, 2.24) is 35.0 Å². The molecule has 0 amide bonds. The van der Waals surface area contributed by atoms with Crippen LogP contribution in [0.5, 0.6) is 0 Å². The third-order valence-corrected chi connectivity index (χ3v) is 3.92. The number of H-pyrrole nitrogens is 1. The summed E-state index contributed by atoms with van der Waals surface area (Å²) >= 11 is 7.43. The molecule has 0 saturated carbocycles. The first-order valence-electron chi connectivity index (χ1n) is 5.65. The van der Waals surface area contributed by atoms with E-state index < -0.39 is 0 Å². The lowest BCUT2D eigenvalue weighted by atomic mass is 10.3. The molecule has 0 radical (unpaired) electrons. The fourth-order valence-corrected chi connectivity index (χ4v) is 2.90. The molecular formula is C11H6ClN7S. The molecule has 0 unspecified atom stereocenters. The number of nitrogens with zero attached hydrogens (tertiary/aromatic N) is 6. The van der Waals surface area contributed by atoms with Crippen molar-refractivity contribution in [2.45, 2.75) is 0 Å². The Labute approximate surface area is 121 Å². The lowest BCUT2D eigenvalue weighted by Crippen LogP contribution is -1.91. The van der Waals surface area contributed by atoms with Gasteiger partial charge < -0.3 is 0 Å². The molecule has 0 spiro atoms. The molecule has 4 aromatic rings. The summed E-state index contributed by atoms with van der Waals surface area (Å²) in [6.07, 6.45) is 4.97. The van der Waals surface area contributed by atoms with E-state index in [1.807, 2.05) is 12.1 Å². The predicted octanol–water partition coefficient (Wildman–Crippen LogP) is 2.29. The van der Waals surface area contributed by atoms with E-state index >= 15 is 0 Å². The van der Waals surface area contributed by atoms with Crippen molar-refractivity contribution in [2.75, 3.05) is 0 Å². The van der Waals surface area contributed by atoms with Gasteiger partial charge in [0.1, 0.15) is 5.69 Å². The SMILES string of the molecule is Clc1cn[nH]c1-c1nn2c(-c3cccnc3)nnc2s1. The van der Waals surface area contributed by atoms with Crippen LogP contribution in [0.2, 0.25) is 5.02 Å². The van der Waals surface area contributed by atoms with Crippen molar-refractivity contribution < 1.29 is 0 Å². The van der Waals surface area contributed by atoms with E-state index in [4.69, 9.17) is 11.6 Å². The number of aromatic amines is 1. The summed E-state index contributed by atoms with van der Waals surface area (Å²) in [6.45, 7) is 0. The fourth-order valence-electron chi connectivity index (χ4n) is 1.81. The van der Waals surface area contributed by atoms with Crippen LogP contribution in [0, 0.1) is 0 Å². The second-order valence-corrected chi connectivity index (χ2v) is 5.32. The molecule has 4 heterocycles. The number of aromatic nitrogens is 7. The maximum absolute atomic E-state index is 6.04. The Morgan fingerprint density at radius 2 is 2.20 bits per heavy atom. The van der Waals surface area contributed by atoms with Gasteiger partial charge in [-0.15, -0.1) is 10.2 Å². The minimum absolute atomic E-state index is 0.526. The highest BCUT2D eigenvalue weighted by Gasteiger charge is 2.16. The van der Waals surface area contributed by atoms with E-state index in [-0.39, 0.29) is 0 Å². The molecule has 1 N–H and O–H groups in total. The standard InChI is InChI=1S/C11H6ClN7S/c12-7-5-14-15-8(7)10-18-19-9(16-17-11(19)20-10)6-2-1-3-13-4-6/h1-5H,(H,14,15). The second kappa shape index (κ2) is 4.36. The van der Waals surface area contributed by atoms with Gasteiger partial charge in [-0.05, 0) is 12.1 Å². The van der Waals surface area contributed by atoms with Crippen LogP contribution in [0.4, 0.5) is 0 Å². The Balaban J connectivity index is 1.90. The molecule has 20 heavy (non-hydrogen) atoms. The van der Waals surface area contributed by atoms with Gasteiger partial charge >= 0.3 is 0 Å². The zero-order chi connectivity index (χ0) is 13.5. The summed E-state index contributed by atoms with van der Waals surface area (Å²) in [5.74, 6) is 0.645. The molecule has 0 aliphatic carbocycles. The number of halogens is 1.